The van der Waals surface area contributed by atoms with Gasteiger partial charge in [-0.15, -0.1) is 0 Å². The number of carbonyl (C=O) groups excluding carboxylic acids is 1. The van der Waals surface area contributed by atoms with Crippen LogP contribution < -0.4 is 0 Å². The van der Waals surface area contributed by atoms with Gasteiger partial charge < -0.3 is 4.79 Å². The Morgan fingerprint density at radius 1 is 1.75 bits per heavy atom. The van der Waals surface area contributed by atoms with Gasteiger partial charge in [-0.05, 0) is 6.42 Å². The maximum Gasteiger partial charge on any atom is 0.155 e. The summed E-state index contributed by atoms with van der Waals surface area (Å²) in [6, 6.07) is 0. The van der Waals surface area contributed by atoms with Crippen molar-refractivity contribution in [1.29, 1.82) is 0 Å². The number of alkyl halides is 1. The first-order valence-corrected chi connectivity index (χ1v) is 2.90. The van der Waals surface area contributed by atoms with Crippen molar-refractivity contribution in [3.63, 3.8) is 0 Å². The molecule has 0 radical (unpaired) electrons. The molecule has 0 saturated carbocycles. The number of halogens is 1. The van der Waals surface area contributed by atoms with Crippen molar-refractivity contribution in [2.75, 3.05) is 0 Å². The van der Waals surface area contributed by atoms with Crippen molar-refractivity contribution in [2.24, 2.45) is 0 Å². The van der Waals surface area contributed by atoms with E-state index in [9.17, 15) is 9.18 Å². The molecule has 0 aromatic heterocycles. The first-order valence-electron chi connectivity index (χ1n) is 2.90. The van der Waals surface area contributed by atoms with Gasteiger partial charge in [0.25, 0.3) is 0 Å². The van der Waals surface area contributed by atoms with Gasteiger partial charge in [-0.2, -0.15) is 0 Å². The molecule has 0 bridgehead atoms. The van der Waals surface area contributed by atoms with Crippen LogP contribution in [0.15, 0.2) is 0 Å². The van der Waals surface area contributed by atoms with Crippen molar-refractivity contribution >= 4 is 6.29 Å². The summed E-state index contributed by atoms with van der Waals surface area (Å²) in [6.45, 7) is 1.97. The molecule has 8 heavy (non-hydrogen) atoms. The number of aldehydes is 1. The highest BCUT2D eigenvalue weighted by atomic mass is 19.1. The van der Waals surface area contributed by atoms with E-state index >= 15 is 0 Å². The zero-order chi connectivity index (χ0) is 6.41. The quantitative estimate of drug-likeness (QED) is 0.513. The number of unbranched alkanes of at least 4 members (excludes halogenated alkanes) is 1. The summed E-state index contributed by atoms with van der Waals surface area (Å²) in [6.07, 6.45) is 1.28. The predicted molar refractivity (Wildman–Crippen MR) is 30.5 cm³/mol. The topological polar surface area (TPSA) is 17.1 Å². The zero-order valence-electron chi connectivity index (χ0n) is 5.06. The van der Waals surface area contributed by atoms with Gasteiger partial charge in [0, 0.05) is 0 Å². The number of hydrogen-bond donors (Lipinski definition) is 0. The van der Waals surface area contributed by atoms with Crippen LogP contribution in [-0.4, -0.2) is 12.5 Å². The van der Waals surface area contributed by atoms with E-state index < -0.39 is 6.17 Å². The van der Waals surface area contributed by atoms with Gasteiger partial charge in [0.15, 0.2) is 12.5 Å². The first-order chi connectivity index (χ1) is 3.81. The SMILES string of the molecule is CCCC[C@H](F)C=O. The molecule has 0 aliphatic rings. The van der Waals surface area contributed by atoms with Crippen LogP contribution in [0.2, 0.25) is 0 Å². The van der Waals surface area contributed by atoms with Crippen LogP contribution in [0.5, 0.6) is 0 Å². The lowest BCUT2D eigenvalue weighted by molar-refractivity contribution is -0.112. The van der Waals surface area contributed by atoms with Gasteiger partial charge >= 0.3 is 0 Å². The molecule has 1 nitrogen and oxygen atoms in total. The van der Waals surface area contributed by atoms with Gasteiger partial charge in [0.05, 0.1) is 0 Å². The molecule has 0 rings (SSSR count). The van der Waals surface area contributed by atoms with E-state index in [-0.39, 0.29) is 0 Å². The lowest BCUT2D eigenvalue weighted by atomic mass is 10.2. The van der Waals surface area contributed by atoms with Crippen LogP contribution in [0.25, 0.3) is 0 Å². The second-order valence-electron chi connectivity index (χ2n) is 1.79. The molecule has 0 unspecified atom stereocenters. The monoisotopic (exact) mass is 118 g/mol. The van der Waals surface area contributed by atoms with Gasteiger partial charge in [-0.1, -0.05) is 19.8 Å². The van der Waals surface area contributed by atoms with Crippen molar-refractivity contribution in [3.05, 3.63) is 0 Å². The fraction of sp³-hybridized carbons (Fsp3) is 0.833. The molecule has 0 fully saturated rings. The van der Waals surface area contributed by atoms with Crippen LogP contribution in [0.3, 0.4) is 0 Å². The molecule has 0 N–H and O–H groups in total. The molecule has 48 valence electrons. The Kier molecular flexibility index (Phi) is 4.51. The van der Waals surface area contributed by atoms with E-state index in [0.717, 1.165) is 12.8 Å². The minimum Gasteiger partial charge on any atom is -0.300 e. The summed E-state index contributed by atoms with van der Waals surface area (Å²) in [4.78, 5) is 9.64. The van der Waals surface area contributed by atoms with Crippen molar-refractivity contribution in [2.45, 2.75) is 32.4 Å². The van der Waals surface area contributed by atoms with Gasteiger partial charge in [0.1, 0.15) is 0 Å². The summed E-state index contributed by atoms with van der Waals surface area (Å²) < 4.78 is 12.0. The Balaban J connectivity index is 2.98. The zero-order valence-corrected chi connectivity index (χ0v) is 5.06. The largest absolute Gasteiger partial charge is 0.300 e. The van der Waals surface area contributed by atoms with Gasteiger partial charge in [-0.3, -0.25) is 0 Å². The second kappa shape index (κ2) is 4.75. The third kappa shape index (κ3) is 3.78. The average molecular weight is 118 g/mol. The lowest BCUT2D eigenvalue weighted by Crippen LogP contribution is -1.99. The molecule has 1 atom stereocenters. The van der Waals surface area contributed by atoms with E-state index in [0.29, 0.717) is 12.7 Å². The standard InChI is InChI=1S/C6H11FO/c1-2-3-4-6(7)5-8/h5-6H,2-4H2,1H3/t6-/m0/s1. The molecular formula is C6H11FO. The van der Waals surface area contributed by atoms with Crippen molar-refractivity contribution in [3.8, 4) is 0 Å². The van der Waals surface area contributed by atoms with Gasteiger partial charge in [-0.25, -0.2) is 4.39 Å². The third-order valence-electron chi connectivity index (χ3n) is 0.981. The summed E-state index contributed by atoms with van der Waals surface area (Å²) in [5.74, 6) is 0. The van der Waals surface area contributed by atoms with E-state index in [1.807, 2.05) is 6.92 Å². The smallest absolute Gasteiger partial charge is 0.155 e. The highest BCUT2D eigenvalue weighted by Gasteiger charge is 2.00. The van der Waals surface area contributed by atoms with Crippen LogP contribution >= 0.6 is 0 Å². The molecule has 0 amide bonds. The Morgan fingerprint density at radius 2 is 2.38 bits per heavy atom. The number of carbonyl (C=O) groups is 1. The second-order valence-corrected chi connectivity index (χ2v) is 1.79. The van der Waals surface area contributed by atoms with Gasteiger partial charge in [0.2, 0.25) is 0 Å². The van der Waals surface area contributed by atoms with Crippen LogP contribution in [0.1, 0.15) is 26.2 Å². The summed E-state index contributed by atoms with van der Waals surface area (Å²) in [7, 11) is 0. The average Bonchev–Trinajstić information content (AvgIpc) is 1.83. The molecule has 0 aromatic carbocycles. The summed E-state index contributed by atoms with van der Waals surface area (Å²) >= 11 is 0. The molecule has 2 heteroatoms. The maximum absolute atomic E-state index is 12.0. The molecule has 0 aliphatic heterocycles. The highest BCUT2D eigenvalue weighted by Crippen LogP contribution is 2.00. The van der Waals surface area contributed by atoms with E-state index in [2.05, 4.69) is 0 Å². The van der Waals surface area contributed by atoms with Crippen LogP contribution in [-0.2, 0) is 4.79 Å². The van der Waals surface area contributed by atoms with Crippen LogP contribution in [0, 0.1) is 0 Å². The number of hydrogen-bond acceptors (Lipinski definition) is 1. The Labute approximate surface area is 48.9 Å². The minimum atomic E-state index is -1.23. The van der Waals surface area contributed by atoms with Crippen molar-refractivity contribution < 1.29 is 9.18 Å². The lowest BCUT2D eigenvalue weighted by Gasteiger charge is -1.94. The van der Waals surface area contributed by atoms with Crippen molar-refractivity contribution in [1.82, 2.24) is 0 Å². The minimum absolute atomic E-state index is 0.357. The highest BCUT2D eigenvalue weighted by molar-refractivity contribution is 5.55. The normalized spacial score (nSPS) is 13.2. The van der Waals surface area contributed by atoms with E-state index in [1.165, 1.54) is 0 Å². The fourth-order valence-corrected chi connectivity index (χ4v) is 0.467. The molecule has 0 heterocycles. The summed E-state index contributed by atoms with van der Waals surface area (Å²) in [5.41, 5.74) is 0. The summed E-state index contributed by atoms with van der Waals surface area (Å²) in [5, 5.41) is 0. The third-order valence-corrected chi connectivity index (χ3v) is 0.981. The molecular weight excluding hydrogens is 107 g/mol. The fourth-order valence-electron chi connectivity index (χ4n) is 0.467. The predicted octanol–water partition coefficient (Wildman–Crippen LogP) is 1.71. The molecule has 0 aromatic rings. The Morgan fingerprint density at radius 3 is 2.75 bits per heavy atom. The molecule has 0 spiro atoms. The first kappa shape index (κ1) is 7.60. The maximum atomic E-state index is 12.0. The Bertz CT molecular complexity index is 63.5. The number of rotatable bonds is 4. The Hall–Kier alpha value is -0.400. The molecule has 0 aliphatic carbocycles. The van der Waals surface area contributed by atoms with E-state index in [4.69, 9.17) is 0 Å². The van der Waals surface area contributed by atoms with E-state index in [1.54, 1.807) is 0 Å². The molecule has 0 saturated heterocycles. The van der Waals surface area contributed by atoms with Crippen LogP contribution in [0.4, 0.5) is 4.39 Å².